The minimum atomic E-state index is -4.28. The van der Waals surface area contributed by atoms with Crippen LogP contribution in [0.3, 0.4) is 0 Å². The van der Waals surface area contributed by atoms with E-state index in [0.29, 0.717) is 12.4 Å². The van der Waals surface area contributed by atoms with Gasteiger partial charge >= 0.3 is 0 Å². The second-order valence-electron chi connectivity index (χ2n) is 10.6. The number of benzene rings is 3. The molecule has 1 N–H and O–H groups in total. The first-order valence-electron chi connectivity index (χ1n) is 14.4. The van der Waals surface area contributed by atoms with E-state index >= 15 is 0 Å². The fourth-order valence-corrected chi connectivity index (χ4v) is 6.98. The molecule has 2 amide bonds. The summed E-state index contributed by atoms with van der Waals surface area (Å²) in [5.74, 6) is -0.912. The molecule has 0 bridgehead atoms. The quantitative estimate of drug-likeness (QED) is 0.253. The molecule has 3 aromatic carbocycles. The molecular formula is C32H37BrFN3O5S. The average Bonchev–Trinajstić information content (AvgIpc) is 2.99. The summed E-state index contributed by atoms with van der Waals surface area (Å²) in [6, 6.07) is 17.3. The number of carbonyl (C=O) groups excluding carboxylic acids is 2. The van der Waals surface area contributed by atoms with Crippen LogP contribution in [0, 0.1) is 5.82 Å². The van der Waals surface area contributed by atoms with Crippen molar-refractivity contribution >= 4 is 43.5 Å². The number of hydrogen-bond donors (Lipinski definition) is 1. The molecule has 1 atom stereocenters. The van der Waals surface area contributed by atoms with E-state index in [0.717, 1.165) is 58.6 Å². The predicted molar refractivity (Wildman–Crippen MR) is 168 cm³/mol. The summed E-state index contributed by atoms with van der Waals surface area (Å²) in [6.07, 6.45) is 4.98. The van der Waals surface area contributed by atoms with Crippen LogP contribution in [0.5, 0.6) is 5.75 Å². The van der Waals surface area contributed by atoms with Gasteiger partial charge in [-0.05, 0) is 92.9 Å². The number of halogens is 2. The lowest BCUT2D eigenvalue weighted by Gasteiger charge is -2.33. The monoisotopic (exact) mass is 673 g/mol. The second kappa shape index (κ2) is 14.8. The molecule has 8 nitrogen and oxygen atoms in total. The summed E-state index contributed by atoms with van der Waals surface area (Å²) in [4.78, 5) is 28.8. The van der Waals surface area contributed by atoms with E-state index in [4.69, 9.17) is 4.74 Å². The maximum absolute atomic E-state index is 14.1. The van der Waals surface area contributed by atoms with Crippen LogP contribution in [0.15, 0.2) is 82.2 Å². The number of nitrogens with zero attached hydrogens (tertiary/aromatic N) is 2. The molecule has 11 heteroatoms. The number of carbonyl (C=O) groups is 2. The summed E-state index contributed by atoms with van der Waals surface area (Å²) >= 11 is 3.45. The van der Waals surface area contributed by atoms with Crippen molar-refractivity contribution in [2.75, 3.05) is 17.5 Å². The van der Waals surface area contributed by atoms with Crippen LogP contribution in [-0.4, -0.2) is 50.4 Å². The molecule has 0 saturated heterocycles. The largest absolute Gasteiger partial charge is 0.494 e. The summed E-state index contributed by atoms with van der Waals surface area (Å²) < 4.78 is 48.9. The van der Waals surface area contributed by atoms with Gasteiger partial charge in [-0.25, -0.2) is 12.8 Å². The Morgan fingerprint density at radius 3 is 2.33 bits per heavy atom. The standard InChI is InChI=1S/C32H37BrFN3O5S/c1-3-42-29-16-18-30(19-17-29)43(40,41)37(28-14-12-26(34)13-15-28)22-31(38)36(21-24-8-7-9-25(33)20-24)23(2)32(39)35-27-10-5-4-6-11-27/h7-9,12-20,23,27H,3-6,10-11,21-22H2,1-2H3,(H,35,39)/t23-/m1/s1. The lowest BCUT2D eigenvalue weighted by molar-refractivity contribution is -0.139. The molecule has 0 unspecified atom stereocenters. The third kappa shape index (κ3) is 8.57. The van der Waals surface area contributed by atoms with Gasteiger partial charge in [0.2, 0.25) is 11.8 Å². The third-order valence-corrected chi connectivity index (χ3v) is 9.76. The molecule has 0 heterocycles. The summed E-state index contributed by atoms with van der Waals surface area (Å²) in [7, 11) is -4.28. The van der Waals surface area contributed by atoms with Crippen LogP contribution in [0.1, 0.15) is 51.5 Å². The molecule has 1 aliphatic carbocycles. The number of hydrogen-bond acceptors (Lipinski definition) is 5. The summed E-state index contributed by atoms with van der Waals surface area (Å²) in [5, 5.41) is 3.09. The molecule has 1 aliphatic rings. The van der Waals surface area contributed by atoms with Gasteiger partial charge in [-0.1, -0.05) is 47.3 Å². The summed E-state index contributed by atoms with van der Waals surface area (Å²) in [6.45, 7) is 3.37. The van der Waals surface area contributed by atoms with Crippen molar-refractivity contribution in [1.82, 2.24) is 10.2 Å². The van der Waals surface area contributed by atoms with Gasteiger partial charge in [0.25, 0.3) is 10.0 Å². The first-order chi connectivity index (χ1) is 20.6. The zero-order chi connectivity index (χ0) is 31.0. The lowest BCUT2D eigenvalue weighted by atomic mass is 9.95. The number of sulfonamides is 1. The fraction of sp³-hybridized carbons (Fsp3) is 0.375. The number of amides is 2. The van der Waals surface area contributed by atoms with Gasteiger partial charge in [0.1, 0.15) is 24.2 Å². The smallest absolute Gasteiger partial charge is 0.264 e. The van der Waals surface area contributed by atoms with Crippen molar-refractivity contribution in [2.24, 2.45) is 0 Å². The lowest BCUT2D eigenvalue weighted by Crippen LogP contribution is -2.53. The van der Waals surface area contributed by atoms with Gasteiger partial charge in [-0.3, -0.25) is 13.9 Å². The van der Waals surface area contributed by atoms with Crippen LogP contribution >= 0.6 is 15.9 Å². The second-order valence-corrected chi connectivity index (χ2v) is 13.3. The first-order valence-corrected chi connectivity index (χ1v) is 16.7. The number of ether oxygens (including phenoxy) is 1. The van der Waals surface area contributed by atoms with Crippen LogP contribution in [0.2, 0.25) is 0 Å². The molecule has 0 aliphatic heterocycles. The van der Waals surface area contributed by atoms with Crippen molar-refractivity contribution in [2.45, 2.75) is 69.5 Å². The first kappa shape index (κ1) is 32.5. The predicted octanol–water partition coefficient (Wildman–Crippen LogP) is 6.05. The third-order valence-electron chi connectivity index (χ3n) is 7.48. The van der Waals surface area contributed by atoms with Crippen LogP contribution in [-0.2, 0) is 26.2 Å². The van der Waals surface area contributed by atoms with E-state index in [1.807, 2.05) is 31.2 Å². The van der Waals surface area contributed by atoms with Gasteiger partial charge in [0, 0.05) is 17.1 Å². The topological polar surface area (TPSA) is 96.0 Å². The highest BCUT2D eigenvalue weighted by molar-refractivity contribution is 9.10. The van der Waals surface area contributed by atoms with Crippen molar-refractivity contribution in [3.05, 3.63) is 88.6 Å². The average molecular weight is 675 g/mol. The molecule has 0 aromatic heterocycles. The highest BCUT2D eigenvalue weighted by atomic mass is 79.9. The maximum atomic E-state index is 14.1. The van der Waals surface area contributed by atoms with E-state index in [1.165, 1.54) is 41.3 Å². The van der Waals surface area contributed by atoms with Crippen LogP contribution in [0.25, 0.3) is 0 Å². The van der Waals surface area contributed by atoms with Crippen molar-refractivity contribution in [3.8, 4) is 5.75 Å². The molecule has 4 rings (SSSR count). The minimum absolute atomic E-state index is 0.0438. The SMILES string of the molecule is CCOc1ccc(S(=O)(=O)N(CC(=O)N(Cc2cccc(Br)c2)[C@H](C)C(=O)NC2CCCCC2)c2ccc(F)cc2)cc1. The molecule has 1 saturated carbocycles. The van der Waals surface area contributed by atoms with Gasteiger partial charge in [0.15, 0.2) is 0 Å². The molecule has 230 valence electrons. The highest BCUT2D eigenvalue weighted by Gasteiger charge is 2.33. The highest BCUT2D eigenvalue weighted by Crippen LogP contribution is 2.27. The normalized spacial score (nSPS) is 14.5. The van der Waals surface area contributed by atoms with Crippen LogP contribution in [0.4, 0.5) is 10.1 Å². The molecule has 0 radical (unpaired) electrons. The van der Waals surface area contributed by atoms with E-state index in [-0.39, 0.29) is 29.1 Å². The Kier molecular flexibility index (Phi) is 11.2. The minimum Gasteiger partial charge on any atom is -0.494 e. The van der Waals surface area contributed by atoms with Gasteiger partial charge in [-0.15, -0.1) is 0 Å². The number of nitrogens with one attached hydrogen (secondary N) is 1. The Balaban J connectivity index is 1.67. The van der Waals surface area contributed by atoms with Gasteiger partial charge < -0.3 is 15.0 Å². The van der Waals surface area contributed by atoms with E-state index in [1.54, 1.807) is 6.92 Å². The van der Waals surface area contributed by atoms with Crippen LogP contribution < -0.4 is 14.4 Å². The van der Waals surface area contributed by atoms with E-state index in [2.05, 4.69) is 21.2 Å². The molecule has 43 heavy (non-hydrogen) atoms. The fourth-order valence-electron chi connectivity index (χ4n) is 5.12. The molecule has 0 spiro atoms. The van der Waals surface area contributed by atoms with Gasteiger partial charge in [-0.2, -0.15) is 0 Å². The Bertz CT molecular complexity index is 1500. The van der Waals surface area contributed by atoms with Crippen molar-refractivity contribution in [1.29, 1.82) is 0 Å². The van der Waals surface area contributed by atoms with Gasteiger partial charge in [0.05, 0.1) is 17.2 Å². The molecular weight excluding hydrogens is 637 g/mol. The Hall–Kier alpha value is -3.44. The van der Waals surface area contributed by atoms with E-state index < -0.39 is 34.3 Å². The number of rotatable bonds is 12. The van der Waals surface area contributed by atoms with Crippen molar-refractivity contribution < 1.29 is 27.1 Å². The van der Waals surface area contributed by atoms with E-state index in [9.17, 15) is 22.4 Å². The Morgan fingerprint density at radius 1 is 1.02 bits per heavy atom. The zero-order valence-corrected chi connectivity index (χ0v) is 26.7. The number of anilines is 1. The molecule has 1 fully saturated rings. The maximum Gasteiger partial charge on any atom is 0.264 e. The molecule has 3 aromatic rings. The zero-order valence-electron chi connectivity index (χ0n) is 24.3. The Morgan fingerprint density at radius 2 is 1.70 bits per heavy atom. The summed E-state index contributed by atoms with van der Waals surface area (Å²) in [5.41, 5.74) is 0.882. The Labute approximate surface area is 261 Å². The van der Waals surface area contributed by atoms with Crippen molar-refractivity contribution in [3.63, 3.8) is 0 Å².